The number of carboxylic acid groups (broad SMARTS) is 1. The number of pyridine rings is 1. The van der Waals surface area contributed by atoms with Gasteiger partial charge < -0.3 is 24.6 Å². The number of benzene rings is 1. The highest BCUT2D eigenvalue weighted by molar-refractivity contribution is 5.93. The van der Waals surface area contributed by atoms with Crippen molar-refractivity contribution in [1.82, 2.24) is 9.88 Å². The number of allylic oxidation sites excluding steroid dienone is 1. The van der Waals surface area contributed by atoms with Crippen LogP contribution in [0.2, 0.25) is 0 Å². The Balaban J connectivity index is 1.72. The molecule has 9 heteroatoms. The van der Waals surface area contributed by atoms with Crippen molar-refractivity contribution < 1.29 is 23.4 Å². The van der Waals surface area contributed by atoms with E-state index in [0.29, 0.717) is 13.1 Å². The molecule has 0 bridgehead atoms. The first-order valence-electron chi connectivity index (χ1n) is 11.1. The number of fused-ring (bicyclic) bond motifs is 2. The maximum atomic E-state index is 16.1. The summed E-state index contributed by atoms with van der Waals surface area (Å²) in [6.07, 6.45) is 7.26. The van der Waals surface area contributed by atoms with E-state index in [2.05, 4.69) is 28.8 Å². The van der Waals surface area contributed by atoms with Crippen molar-refractivity contribution in [2.75, 3.05) is 25.0 Å². The molecule has 1 aromatic heterocycles. The molecule has 2 aromatic rings. The van der Waals surface area contributed by atoms with E-state index in [1.165, 1.54) is 16.8 Å². The monoisotopic (exact) mass is 457 g/mol. The van der Waals surface area contributed by atoms with Gasteiger partial charge >= 0.3 is 6.16 Å². The maximum absolute atomic E-state index is 16.1. The van der Waals surface area contributed by atoms with E-state index in [1.54, 1.807) is 4.90 Å². The fourth-order valence-electron chi connectivity index (χ4n) is 5.39. The van der Waals surface area contributed by atoms with E-state index < -0.39 is 29.0 Å². The number of aromatic nitrogens is 1. The number of nitrogens with one attached hydrogen (secondary N) is 1. The first-order valence-corrected chi connectivity index (χ1v) is 11.1. The number of rotatable bonds is 5. The number of nitrogens with zero attached hydrogens (tertiary/aromatic N) is 2. The number of hydrogen-bond acceptors (Lipinski definition) is 5. The number of ether oxygens (including phenoxy) is 1. The molecule has 3 atom stereocenters. The van der Waals surface area contributed by atoms with Crippen LogP contribution in [0.3, 0.4) is 0 Å². The van der Waals surface area contributed by atoms with Crippen LogP contribution in [0.5, 0.6) is 5.75 Å². The summed E-state index contributed by atoms with van der Waals surface area (Å²) >= 11 is 0. The van der Waals surface area contributed by atoms with Crippen molar-refractivity contribution in [2.24, 2.45) is 11.8 Å². The second-order valence-electron chi connectivity index (χ2n) is 8.95. The van der Waals surface area contributed by atoms with Gasteiger partial charge in [0.25, 0.3) is 0 Å². The van der Waals surface area contributed by atoms with Crippen LogP contribution < -0.4 is 20.4 Å². The predicted molar refractivity (Wildman–Crippen MR) is 121 cm³/mol. The normalized spacial score (nSPS) is 24.2. The molecule has 174 valence electrons. The first kappa shape index (κ1) is 21.6. The van der Waals surface area contributed by atoms with Gasteiger partial charge in [-0.3, -0.25) is 4.79 Å². The minimum atomic E-state index is -1.67. The number of anilines is 1. The van der Waals surface area contributed by atoms with Crippen molar-refractivity contribution >= 4 is 28.8 Å². The summed E-state index contributed by atoms with van der Waals surface area (Å²) < 4.78 is 38.1. The van der Waals surface area contributed by atoms with Crippen LogP contribution in [0.25, 0.3) is 17.0 Å². The van der Waals surface area contributed by atoms with E-state index >= 15 is 8.78 Å². The molecular formula is C24H25F2N3O4. The lowest BCUT2D eigenvalue weighted by Gasteiger charge is -2.28. The summed E-state index contributed by atoms with van der Waals surface area (Å²) in [5, 5.41) is 12.0. The Morgan fingerprint density at radius 3 is 2.70 bits per heavy atom. The number of halogens is 2. The first-order chi connectivity index (χ1) is 15.8. The van der Waals surface area contributed by atoms with E-state index in [9.17, 15) is 9.59 Å². The average molecular weight is 457 g/mol. The second kappa shape index (κ2) is 7.98. The molecule has 2 aliphatic carbocycles. The smallest absolute Gasteiger partial charge is 0.449 e. The van der Waals surface area contributed by atoms with Gasteiger partial charge in [-0.15, -0.1) is 0 Å². The van der Waals surface area contributed by atoms with Crippen molar-refractivity contribution in [3.63, 3.8) is 0 Å². The molecule has 1 aromatic carbocycles. The number of likely N-dealkylation sites (N-methyl/N-ethyl adjacent to an activating group) is 1. The van der Waals surface area contributed by atoms with Gasteiger partial charge in [-0.1, -0.05) is 24.8 Å². The Kier molecular flexibility index (Phi) is 5.23. The van der Waals surface area contributed by atoms with Crippen LogP contribution in [-0.2, 0) is 0 Å². The van der Waals surface area contributed by atoms with Crippen LogP contribution in [0.4, 0.5) is 19.3 Å². The Morgan fingerprint density at radius 2 is 2.06 bits per heavy atom. The standard InChI is InChI=1S/C24H25F2N3O4/c1-3-14-18-21(29(13-7-8-13)11-17(23(18)30)33-24(31)32)20(26)22(19(14)25)28-9-12-5-4-6-16(27-2)15(12)10-28/h3-4,6,11-13,15-16,27H,1,5,7-10H2,2H3,(H,31,32). The molecule has 1 aliphatic heterocycles. The molecule has 1 saturated carbocycles. The molecule has 1 saturated heterocycles. The fourth-order valence-corrected chi connectivity index (χ4v) is 5.39. The molecule has 2 fully saturated rings. The van der Waals surface area contributed by atoms with Gasteiger partial charge in [-0.05, 0) is 32.2 Å². The van der Waals surface area contributed by atoms with Crippen LogP contribution in [0.15, 0.2) is 29.7 Å². The van der Waals surface area contributed by atoms with Gasteiger partial charge in [0, 0.05) is 36.7 Å². The van der Waals surface area contributed by atoms with Gasteiger partial charge in [0.15, 0.2) is 17.4 Å². The van der Waals surface area contributed by atoms with Crippen LogP contribution in [0.1, 0.15) is 30.9 Å². The minimum Gasteiger partial charge on any atom is -0.449 e. The summed E-state index contributed by atoms with van der Waals surface area (Å²) in [5.74, 6) is -1.70. The second-order valence-corrected chi connectivity index (χ2v) is 8.95. The van der Waals surface area contributed by atoms with Crippen molar-refractivity contribution in [3.05, 3.63) is 52.3 Å². The lowest BCUT2D eigenvalue weighted by atomic mass is 9.82. The third kappa shape index (κ3) is 3.42. The van der Waals surface area contributed by atoms with Crippen molar-refractivity contribution in [1.29, 1.82) is 0 Å². The van der Waals surface area contributed by atoms with Crippen LogP contribution in [0, 0.1) is 23.5 Å². The lowest BCUT2D eigenvalue weighted by molar-refractivity contribution is 0.143. The SMILES string of the molecule is C=Cc1c(F)c(N2CC3CC=CC(NC)C3C2)c(F)c2c1c(=O)c(OC(=O)O)cn2C1CC1. The molecule has 0 amide bonds. The van der Waals surface area contributed by atoms with E-state index in [-0.39, 0.29) is 46.1 Å². The zero-order chi connectivity index (χ0) is 23.4. The van der Waals surface area contributed by atoms with E-state index in [4.69, 9.17) is 5.11 Å². The highest BCUT2D eigenvalue weighted by Gasteiger charge is 2.41. The van der Waals surface area contributed by atoms with Gasteiger partial charge in [-0.25, -0.2) is 13.6 Å². The Labute approximate surface area is 188 Å². The quantitative estimate of drug-likeness (QED) is 0.523. The van der Waals surface area contributed by atoms with Gasteiger partial charge in [0.1, 0.15) is 5.69 Å². The molecule has 3 unspecified atom stereocenters. The fraction of sp³-hybridized carbons (Fsp3) is 0.417. The average Bonchev–Trinajstić information content (AvgIpc) is 3.54. The van der Waals surface area contributed by atoms with E-state index in [0.717, 1.165) is 19.3 Å². The summed E-state index contributed by atoms with van der Waals surface area (Å²) in [4.78, 5) is 25.9. The molecule has 33 heavy (non-hydrogen) atoms. The highest BCUT2D eigenvalue weighted by Crippen LogP contribution is 2.44. The molecular weight excluding hydrogens is 432 g/mol. The summed E-state index contributed by atoms with van der Waals surface area (Å²) in [6, 6.07) is 0.00771. The molecule has 2 N–H and O–H groups in total. The molecule has 0 spiro atoms. The Hall–Kier alpha value is -3.20. The highest BCUT2D eigenvalue weighted by atomic mass is 19.1. The molecule has 3 aliphatic rings. The zero-order valence-corrected chi connectivity index (χ0v) is 18.2. The van der Waals surface area contributed by atoms with Crippen LogP contribution >= 0.6 is 0 Å². The molecule has 7 nitrogen and oxygen atoms in total. The molecule has 5 rings (SSSR count). The van der Waals surface area contributed by atoms with Crippen molar-refractivity contribution in [2.45, 2.75) is 31.3 Å². The third-order valence-electron chi connectivity index (χ3n) is 7.06. The Morgan fingerprint density at radius 1 is 1.30 bits per heavy atom. The van der Waals surface area contributed by atoms with Crippen molar-refractivity contribution in [3.8, 4) is 5.75 Å². The number of hydrogen-bond donors (Lipinski definition) is 2. The molecule has 0 radical (unpaired) electrons. The van der Waals surface area contributed by atoms with E-state index in [1.807, 2.05) is 7.05 Å². The maximum Gasteiger partial charge on any atom is 0.511 e. The largest absolute Gasteiger partial charge is 0.511 e. The summed E-state index contributed by atoms with van der Waals surface area (Å²) in [7, 11) is 1.87. The van der Waals surface area contributed by atoms with Crippen LogP contribution in [-0.4, -0.2) is 42.0 Å². The summed E-state index contributed by atoms with van der Waals surface area (Å²) in [5.41, 5.74) is -1.22. The van der Waals surface area contributed by atoms with Gasteiger partial charge in [0.2, 0.25) is 5.43 Å². The summed E-state index contributed by atoms with van der Waals surface area (Å²) in [6.45, 7) is 4.63. The zero-order valence-electron chi connectivity index (χ0n) is 18.2. The number of carbonyl (C=O) groups is 1. The minimum absolute atomic E-state index is 0.0373. The predicted octanol–water partition coefficient (Wildman–Crippen LogP) is 3.91. The molecule has 2 heterocycles. The third-order valence-corrected chi connectivity index (χ3v) is 7.06. The van der Waals surface area contributed by atoms with Gasteiger partial charge in [0.05, 0.1) is 17.1 Å². The lowest BCUT2D eigenvalue weighted by Crippen LogP contribution is -2.38. The topological polar surface area (TPSA) is 83.8 Å². The van der Waals surface area contributed by atoms with Gasteiger partial charge in [-0.2, -0.15) is 0 Å². The Bertz CT molecular complexity index is 1250.